The van der Waals surface area contributed by atoms with Gasteiger partial charge in [-0.15, -0.1) is 0 Å². The van der Waals surface area contributed by atoms with Gasteiger partial charge < -0.3 is 10.6 Å². The van der Waals surface area contributed by atoms with Gasteiger partial charge in [0.25, 0.3) is 0 Å². The molecule has 1 saturated carbocycles. The van der Waals surface area contributed by atoms with Crippen LogP contribution in [0.25, 0.3) is 0 Å². The minimum atomic E-state index is 0.848. The summed E-state index contributed by atoms with van der Waals surface area (Å²) in [5, 5.41) is 0. The molecule has 0 bridgehead atoms. The zero-order chi connectivity index (χ0) is 14.5. The first-order chi connectivity index (χ1) is 9.88. The third kappa shape index (κ3) is 8.26. The normalized spacial score (nSPS) is 16.4. The van der Waals surface area contributed by atoms with E-state index in [2.05, 4.69) is 11.8 Å². The summed E-state index contributed by atoms with van der Waals surface area (Å²) in [4.78, 5) is 2.75. The van der Waals surface area contributed by atoms with Gasteiger partial charge in [-0.3, -0.25) is 0 Å². The highest BCUT2D eigenvalue weighted by molar-refractivity contribution is 4.77. The number of nitrogens with two attached hydrogens (primary N) is 1. The molecule has 0 aromatic carbocycles. The first kappa shape index (κ1) is 18.0. The number of rotatable bonds is 13. The fourth-order valence-corrected chi connectivity index (χ4v) is 3.49. The van der Waals surface area contributed by atoms with E-state index < -0.39 is 0 Å². The number of nitrogens with zero attached hydrogens (tertiary/aromatic N) is 1. The van der Waals surface area contributed by atoms with Crippen LogP contribution in [0.4, 0.5) is 0 Å². The fourth-order valence-electron chi connectivity index (χ4n) is 3.49. The fraction of sp³-hybridized carbons (Fsp3) is 1.00. The molecule has 0 spiro atoms. The molecule has 2 heteroatoms. The Morgan fingerprint density at radius 3 is 1.95 bits per heavy atom. The Morgan fingerprint density at radius 2 is 1.35 bits per heavy atom. The van der Waals surface area contributed by atoms with Crippen molar-refractivity contribution in [2.45, 2.75) is 96.4 Å². The highest BCUT2D eigenvalue weighted by atomic mass is 15.2. The minimum Gasteiger partial charge on any atom is -0.330 e. The summed E-state index contributed by atoms with van der Waals surface area (Å²) in [5.74, 6) is 0. The molecule has 0 unspecified atom stereocenters. The molecule has 0 aromatic rings. The van der Waals surface area contributed by atoms with Crippen molar-refractivity contribution in [2.75, 3.05) is 19.6 Å². The molecular weight excluding hydrogens is 244 g/mol. The summed E-state index contributed by atoms with van der Waals surface area (Å²) in [7, 11) is 0. The Kier molecular flexibility index (Phi) is 11.4. The third-order valence-electron chi connectivity index (χ3n) is 4.79. The summed E-state index contributed by atoms with van der Waals surface area (Å²) in [5.41, 5.74) is 5.68. The van der Waals surface area contributed by atoms with Crippen molar-refractivity contribution < 1.29 is 0 Å². The van der Waals surface area contributed by atoms with E-state index >= 15 is 0 Å². The molecular formula is C18H38N2. The second-order valence-corrected chi connectivity index (χ2v) is 6.59. The largest absolute Gasteiger partial charge is 0.330 e. The first-order valence-electron chi connectivity index (χ1n) is 9.32. The van der Waals surface area contributed by atoms with Gasteiger partial charge in [0.1, 0.15) is 0 Å². The van der Waals surface area contributed by atoms with Crippen molar-refractivity contribution in [3.05, 3.63) is 0 Å². The zero-order valence-corrected chi connectivity index (χ0v) is 13.9. The van der Waals surface area contributed by atoms with Crippen LogP contribution in [0.5, 0.6) is 0 Å². The molecule has 2 N–H and O–H groups in total. The Labute approximate surface area is 127 Å². The Hall–Kier alpha value is -0.0800. The maximum Gasteiger partial charge on any atom is 0.00952 e. The summed E-state index contributed by atoms with van der Waals surface area (Å²) in [6, 6.07) is 0.881. The third-order valence-corrected chi connectivity index (χ3v) is 4.79. The van der Waals surface area contributed by atoms with Crippen LogP contribution in [-0.2, 0) is 0 Å². The quantitative estimate of drug-likeness (QED) is 0.495. The second-order valence-electron chi connectivity index (χ2n) is 6.59. The molecule has 1 rings (SSSR count). The van der Waals surface area contributed by atoms with Crippen LogP contribution in [0.2, 0.25) is 0 Å². The second kappa shape index (κ2) is 12.6. The summed E-state index contributed by atoms with van der Waals surface area (Å²) in [6.07, 6.45) is 18.3. The summed E-state index contributed by atoms with van der Waals surface area (Å²) < 4.78 is 0. The van der Waals surface area contributed by atoms with Crippen LogP contribution >= 0.6 is 0 Å². The van der Waals surface area contributed by atoms with Crippen LogP contribution in [0, 0.1) is 0 Å². The van der Waals surface area contributed by atoms with Crippen molar-refractivity contribution in [3.8, 4) is 0 Å². The van der Waals surface area contributed by atoms with Crippen LogP contribution in [-0.4, -0.2) is 30.6 Å². The highest BCUT2D eigenvalue weighted by Crippen LogP contribution is 2.24. The molecule has 0 amide bonds. The molecule has 0 atom stereocenters. The van der Waals surface area contributed by atoms with Crippen molar-refractivity contribution >= 4 is 0 Å². The van der Waals surface area contributed by atoms with Crippen molar-refractivity contribution in [2.24, 2.45) is 5.73 Å². The van der Waals surface area contributed by atoms with Crippen LogP contribution < -0.4 is 5.73 Å². The lowest BCUT2D eigenvalue weighted by Gasteiger charge is -2.28. The molecule has 0 aromatic heterocycles. The van der Waals surface area contributed by atoms with Gasteiger partial charge in [-0.25, -0.2) is 0 Å². The number of hydrogen-bond acceptors (Lipinski definition) is 2. The molecule has 0 radical (unpaired) electrons. The van der Waals surface area contributed by atoms with Gasteiger partial charge in [-0.1, -0.05) is 64.7 Å². The number of hydrogen-bond donors (Lipinski definition) is 1. The smallest absolute Gasteiger partial charge is 0.00952 e. The van der Waals surface area contributed by atoms with E-state index in [4.69, 9.17) is 5.73 Å². The molecule has 1 fully saturated rings. The molecule has 1 aliphatic rings. The molecule has 1 aliphatic carbocycles. The Morgan fingerprint density at radius 1 is 0.800 bits per heavy atom. The molecule has 120 valence electrons. The summed E-state index contributed by atoms with van der Waals surface area (Å²) in [6.45, 7) is 5.69. The standard InChI is InChI=1S/C18H38N2/c1-2-3-4-5-6-7-8-11-16-20(17-12-15-19)18-13-9-10-14-18/h18H,2-17,19H2,1H3. The van der Waals surface area contributed by atoms with Gasteiger partial charge >= 0.3 is 0 Å². The molecule has 0 aliphatic heterocycles. The average molecular weight is 283 g/mol. The SMILES string of the molecule is CCCCCCCCCCN(CCCN)C1CCCC1. The maximum absolute atomic E-state index is 5.68. The summed E-state index contributed by atoms with van der Waals surface area (Å²) >= 11 is 0. The molecule has 2 nitrogen and oxygen atoms in total. The predicted octanol–water partition coefficient (Wildman–Crippen LogP) is 4.72. The van der Waals surface area contributed by atoms with Crippen LogP contribution in [0.15, 0.2) is 0 Å². The van der Waals surface area contributed by atoms with Crippen LogP contribution in [0.1, 0.15) is 90.4 Å². The van der Waals surface area contributed by atoms with E-state index in [1.807, 2.05) is 0 Å². The van der Waals surface area contributed by atoms with Gasteiger partial charge in [0.05, 0.1) is 0 Å². The van der Waals surface area contributed by atoms with Gasteiger partial charge in [-0.05, 0) is 45.3 Å². The topological polar surface area (TPSA) is 29.3 Å². The lowest BCUT2D eigenvalue weighted by atomic mass is 10.1. The molecule has 0 saturated heterocycles. The highest BCUT2D eigenvalue weighted by Gasteiger charge is 2.21. The lowest BCUT2D eigenvalue weighted by molar-refractivity contribution is 0.193. The predicted molar refractivity (Wildman–Crippen MR) is 90.1 cm³/mol. The van der Waals surface area contributed by atoms with E-state index in [9.17, 15) is 0 Å². The first-order valence-corrected chi connectivity index (χ1v) is 9.32. The van der Waals surface area contributed by atoms with E-state index in [0.717, 1.165) is 12.6 Å². The van der Waals surface area contributed by atoms with E-state index in [0.29, 0.717) is 0 Å². The number of unbranched alkanes of at least 4 members (excludes halogenated alkanes) is 7. The molecule has 20 heavy (non-hydrogen) atoms. The van der Waals surface area contributed by atoms with E-state index in [1.165, 1.54) is 96.6 Å². The molecule has 0 heterocycles. The zero-order valence-electron chi connectivity index (χ0n) is 13.9. The van der Waals surface area contributed by atoms with Crippen molar-refractivity contribution in [3.63, 3.8) is 0 Å². The average Bonchev–Trinajstić information content (AvgIpc) is 2.99. The van der Waals surface area contributed by atoms with Gasteiger partial charge in [0, 0.05) is 6.04 Å². The lowest BCUT2D eigenvalue weighted by Crippen LogP contribution is -2.35. The van der Waals surface area contributed by atoms with Gasteiger partial charge in [-0.2, -0.15) is 0 Å². The minimum absolute atomic E-state index is 0.848. The Balaban J connectivity index is 2.02. The van der Waals surface area contributed by atoms with E-state index in [-0.39, 0.29) is 0 Å². The van der Waals surface area contributed by atoms with E-state index in [1.54, 1.807) is 0 Å². The van der Waals surface area contributed by atoms with Crippen LogP contribution in [0.3, 0.4) is 0 Å². The van der Waals surface area contributed by atoms with Crippen molar-refractivity contribution in [1.82, 2.24) is 4.90 Å². The monoisotopic (exact) mass is 282 g/mol. The van der Waals surface area contributed by atoms with Gasteiger partial charge in [0.2, 0.25) is 0 Å². The Bertz CT molecular complexity index is 200. The van der Waals surface area contributed by atoms with Gasteiger partial charge in [0.15, 0.2) is 0 Å². The van der Waals surface area contributed by atoms with Crippen molar-refractivity contribution in [1.29, 1.82) is 0 Å². The maximum atomic E-state index is 5.68.